The monoisotopic (exact) mass is 262 g/mol. The number of nitrogens with two attached hydrogens (primary N) is 1. The minimum atomic E-state index is 0.0828. The third-order valence-electron chi connectivity index (χ3n) is 3.45. The molecule has 19 heavy (non-hydrogen) atoms. The zero-order valence-electron chi connectivity index (χ0n) is 12.3. The van der Waals surface area contributed by atoms with E-state index in [1.54, 1.807) is 0 Å². The van der Waals surface area contributed by atoms with Crippen LogP contribution < -0.4 is 5.73 Å². The molecule has 3 nitrogen and oxygen atoms in total. The average molecular weight is 262 g/mol. The largest absolute Gasteiger partial charge is 0.336 e. The van der Waals surface area contributed by atoms with E-state index in [4.69, 9.17) is 5.73 Å². The summed E-state index contributed by atoms with van der Waals surface area (Å²) in [6, 6.07) is 10.5. The number of rotatable bonds is 7. The van der Waals surface area contributed by atoms with Gasteiger partial charge in [-0.15, -0.1) is 0 Å². The van der Waals surface area contributed by atoms with Gasteiger partial charge in [-0.2, -0.15) is 0 Å². The molecular weight excluding hydrogens is 236 g/mol. The van der Waals surface area contributed by atoms with Gasteiger partial charge in [0.05, 0.1) is 0 Å². The molecule has 0 fully saturated rings. The van der Waals surface area contributed by atoms with E-state index >= 15 is 0 Å². The highest BCUT2D eigenvalue weighted by Crippen LogP contribution is 2.13. The highest BCUT2D eigenvalue weighted by atomic mass is 16.2. The van der Waals surface area contributed by atoms with Gasteiger partial charge in [0.1, 0.15) is 0 Å². The molecule has 0 bridgehead atoms. The molecule has 0 spiro atoms. The fourth-order valence-electron chi connectivity index (χ4n) is 1.99. The maximum atomic E-state index is 12.3. The lowest BCUT2D eigenvalue weighted by molar-refractivity contribution is -0.134. The van der Waals surface area contributed by atoms with Crippen molar-refractivity contribution in [2.45, 2.75) is 58.7 Å². The first-order valence-electron chi connectivity index (χ1n) is 7.13. The van der Waals surface area contributed by atoms with Crippen LogP contribution in [0.25, 0.3) is 0 Å². The van der Waals surface area contributed by atoms with E-state index in [0.29, 0.717) is 13.0 Å². The number of benzene rings is 1. The van der Waals surface area contributed by atoms with Gasteiger partial charge in [0.15, 0.2) is 0 Å². The van der Waals surface area contributed by atoms with Crippen LogP contribution in [0.3, 0.4) is 0 Å². The van der Waals surface area contributed by atoms with Crippen molar-refractivity contribution >= 4 is 5.91 Å². The number of hydrogen-bond donors (Lipinski definition) is 1. The Morgan fingerprint density at radius 2 is 1.89 bits per heavy atom. The summed E-state index contributed by atoms with van der Waals surface area (Å²) in [6.45, 7) is 6.85. The van der Waals surface area contributed by atoms with Crippen LogP contribution in [0, 0.1) is 0 Å². The minimum Gasteiger partial charge on any atom is -0.336 e. The summed E-state index contributed by atoms with van der Waals surface area (Å²) in [4.78, 5) is 14.3. The molecule has 2 N–H and O–H groups in total. The van der Waals surface area contributed by atoms with Gasteiger partial charge in [-0.1, -0.05) is 37.3 Å². The predicted molar refractivity (Wildman–Crippen MR) is 79.6 cm³/mol. The third-order valence-corrected chi connectivity index (χ3v) is 3.45. The van der Waals surface area contributed by atoms with Crippen LogP contribution in [0.1, 0.15) is 45.6 Å². The van der Waals surface area contributed by atoms with Gasteiger partial charge in [-0.3, -0.25) is 4.79 Å². The SMILES string of the molecule is CCC(C)N(Cc1ccccc1)C(=O)CCC(C)N. The number of amides is 1. The molecule has 0 aliphatic rings. The lowest BCUT2D eigenvalue weighted by Crippen LogP contribution is -2.38. The standard InChI is InChI=1S/C16H26N2O/c1-4-14(3)18(16(19)11-10-13(2)17)12-15-8-6-5-7-9-15/h5-9,13-14H,4,10-12,17H2,1-3H3. The molecule has 0 saturated heterocycles. The molecule has 0 aromatic heterocycles. The van der Waals surface area contributed by atoms with E-state index in [0.717, 1.165) is 12.8 Å². The summed E-state index contributed by atoms with van der Waals surface area (Å²) in [5.41, 5.74) is 6.91. The summed E-state index contributed by atoms with van der Waals surface area (Å²) in [5, 5.41) is 0. The molecule has 106 valence electrons. The van der Waals surface area contributed by atoms with Crippen LogP contribution in [0.4, 0.5) is 0 Å². The Morgan fingerprint density at radius 3 is 2.42 bits per heavy atom. The molecule has 0 aliphatic heterocycles. The number of carbonyl (C=O) groups is 1. The molecule has 1 rings (SSSR count). The number of carbonyl (C=O) groups excluding carboxylic acids is 1. The van der Waals surface area contributed by atoms with Gasteiger partial charge in [-0.05, 0) is 32.3 Å². The lowest BCUT2D eigenvalue weighted by Gasteiger charge is -2.29. The molecule has 0 saturated carbocycles. The second-order valence-corrected chi connectivity index (χ2v) is 5.28. The summed E-state index contributed by atoms with van der Waals surface area (Å²) < 4.78 is 0. The van der Waals surface area contributed by atoms with Crippen LogP contribution in [-0.4, -0.2) is 22.9 Å². The minimum absolute atomic E-state index is 0.0828. The molecule has 0 heterocycles. The zero-order chi connectivity index (χ0) is 14.3. The Bertz CT molecular complexity index is 376. The molecular formula is C16H26N2O. The Morgan fingerprint density at radius 1 is 1.26 bits per heavy atom. The van der Waals surface area contributed by atoms with Gasteiger partial charge in [0.2, 0.25) is 5.91 Å². The van der Waals surface area contributed by atoms with Gasteiger partial charge >= 0.3 is 0 Å². The normalized spacial score (nSPS) is 13.9. The summed E-state index contributed by atoms with van der Waals surface area (Å²) in [5.74, 6) is 0.204. The molecule has 1 aromatic rings. The first-order chi connectivity index (χ1) is 9.04. The maximum Gasteiger partial charge on any atom is 0.223 e. The van der Waals surface area contributed by atoms with Crippen LogP contribution in [-0.2, 0) is 11.3 Å². The smallest absolute Gasteiger partial charge is 0.223 e. The summed E-state index contributed by atoms with van der Waals surface area (Å²) >= 11 is 0. The molecule has 1 amide bonds. The molecule has 2 unspecified atom stereocenters. The van der Waals surface area contributed by atoms with Crippen molar-refractivity contribution in [1.82, 2.24) is 4.90 Å². The van der Waals surface area contributed by atoms with Crippen molar-refractivity contribution in [2.24, 2.45) is 5.73 Å². The van der Waals surface area contributed by atoms with E-state index in [1.165, 1.54) is 5.56 Å². The molecule has 3 heteroatoms. The number of hydrogen-bond acceptors (Lipinski definition) is 2. The molecule has 1 aromatic carbocycles. The van der Waals surface area contributed by atoms with Crippen molar-refractivity contribution in [1.29, 1.82) is 0 Å². The maximum absolute atomic E-state index is 12.3. The second-order valence-electron chi connectivity index (χ2n) is 5.28. The van der Waals surface area contributed by atoms with E-state index in [2.05, 4.69) is 26.0 Å². The molecule has 0 aliphatic carbocycles. The van der Waals surface area contributed by atoms with Gasteiger partial charge < -0.3 is 10.6 Å². The quantitative estimate of drug-likeness (QED) is 0.821. The number of nitrogens with zero attached hydrogens (tertiary/aromatic N) is 1. The van der Waals surface area contributed by atoms with Crippen molar-refractivity contribution in [2.75, 3.05) is 0 Å². The Kier molecular flexibility index (Phi) is 6.57. The van der Waals surface area contributed by atoms with E-state index < -0.39 is 0 Å². The van der Waals surface area contributed by atoms with Gasteiger partial charge in [0, 0.05) is 25.0 Å². The van der Waals surface area contributed by atoms with Crippen LogP contribution in [0.2, 0.25) is 0 Å². The van der Waals surface area contributed by atoms with Crippen LogP contribution in [0.15, 0.2) is 30.3 Å². The van der Waals surface area contributed by atoms with Gasteiger partial charge in [0.25, 0.3) is 0 Å². The third kappa shape index (κ3) is 5.43. The first kappa shape index (κ1) is 15.7. The fraction of sp³-hybridized carbons (Fsp3) is 0.562. The second kappa shape index (κ2) is 7.95. The molecule has 0 radical (unpaired) electrons. The molecule has 2 atom stereocenters. The van der Waals surface area contributed by atoms with Crippen molar-refractivity contribution in [3.63, 3.8) is 0 Å². The fourth-order valence-corrected chi connectivity index (χ4v) is 1.99. The predicted octanol–water partition coefficient (Wildman–Crippen LogP) is 2.94. The Labute approximate surface area is 116 Å². The zero-order valence-corrected chi connectivity index (χ0v) is 12.3. The summed E-state index contributed by atoms with van der Waals surface area (Å²) in [6.07, 6.45) is 2.26. The average Bonchev–Trinajstić information content (AvgIpc) is 2.42. The Hall–Kier alpha value is -1.35. The highest BCUT2D eigenvalue weighted by molar-refractivity contribution is 5.76. The topological polar surface area (TPSA) is 46.3 Å². The van der Waals surface area contributed by atoms with Crippen LogP contribution in [0.5, 0.6) is 0 Å². The van der Waals surface area contributed by atoms with E-state index in [9.17, 15) is 4.79 Å². The van der Waals surface area contributed by atoms with Gasteiger partial charge in [-0.25, -0.2) is 0 Å². The van der Waals surface area contributed by atoms with E-state index in [-0.39, 0.29) is 18.0 Å². The lowest BCUT2D eigenvalue weighted by atomic mass is 10.1. The first-order valence-corrected chi connectivity index (χ1v) is 7.13. The van der Waals surface area contributed by atoms with Crippen molar-refractivity contribution < 1.29 is 4.79 Å². The highest BCUT2D eigenvalue weighted by Gasteiger charge is 2.19. The summed E-state index contributed by atoms with van der Waals surface area (Å²) in [7, 11) is 0. The van der Waals surface area contributed by atoms with Crippen LogP contribution >= 0.6 is 0 Å². The Balaban J connectivity index is 2.69. The van der Waals surface area contributed by atoms with Crippen molar-refractivity contribution in [3.8, 4) is 0 Å². The van der Waals surface area contributed by atoms with E-state index in [1.807, 2.05) is 30.0 Å². The van der Waals surface area contributed by atoms with Crippen molar-refractivity contribution in [3.05, 3.63) is 35.9 Å².